The van der Waals surface area contributed by atoms with E-state index in [1.54, 1.807) is 18.3 Å². The summed E-state index contributed by atoms with van der Waals surface area (Å²) in [5.74, 6) is -0.177. The number of rotatable bonds is 4. The largest absolute Gasteiger partial charge is 0.272 e. The first-order valence-corrected chi connectivity index (χ1v) is 8.93. The molecule has 1 saturated heterocycles. The van der Waals surface area contributed by atoms with E-state index in [0.29, 0.717) is 10.6 Å². The zero-order chi connectivity index (χ0) is 16.9. The maximum absolute atomic E-state index is 12.2. The topological polar surface area (TPSA) is 65.5 Å². The molecule has 0 aliphatic carbocycles. The summed E-state index contributed by atoms with van der Waals surface area (Å²) < 4.78 is 0.944. The van der Waals surface area contributed by atoms with E-state index in [1.165, 1.54) is 5.56 Å². The van der Waals surface area contributed by atoms with E-state index in [0.717, 1.165) is 10.1 Å². The monoisotopic (exact) mass is 454 g/mol. The van der Waals surface area contributed by atoms with Crippen LogP contribution in [0, 0.1) is 9.49 Å². The van der Waals surface area contributed by atoms with Crippen LogP contribution in [0.3, 0.4) is 0 Å². The lowest BCUT2D eigenvalue weighted by Gasteiger charge is -2.14. The number of nitrogens with one attached hydrogen (secondary N) is 3. The second-order valence-corrected chi connectivity index (χ2v) is 7.07. The van der Waals surface area contributed by atoms with E-state index in [4.69, 9.17) is 11.6 Å². The number of hydrogen-bond donors (Lipinski definition) is 3. The fourth-order valence-corrected chi connectivity index (χ4v) is 3.26. The summed E-state index contributed by atoms with van der Waals surface area (Å²) in [7, 11) is 0. The van der Waals surface area contributed by atoms with Crippen LogP contribution in [0.2, 0.25) is 5.02 Å². The molecule has 0 radical (unpaired) electrons. The van der Waals surface area contributed by atoms with Crippen molar-refractivity contribution in [2.24, 2.45) is 11.0 Å². The molecule has 3 rings (SSSR count). The van der Waals surface area contributed by atoms with Crippen LogP contribution in [0.1, 0.15) is 22.0 Å². The summed E-state index contributed by atoms with van der Waals surface area (Å²) in [6.45, 7) is 0.739. The smallest absolute Gasteiger partial charge is 0.267 e. The van der Waals surface area contributed by atoms with Gasteiger partial charge in [0.2, 0.25) is 0 Å². The van der Waals surface area contributed by atoms with Crippen molar-refractivity contribution >= 4 is 46.3 Å². The summed E-state index contributed by atoms with van der Waals surface area (Å²) in [6.07, 6.45) is 1.75. The highest BCUT2D eigenvalue weighted by atomic mass is 127. The molecule has 0 spiro atoms. The van der Waals surface area contributed by atoms with Crippen LogP contribution >= 0.6 is 34.2 Å². The molecule has 1 amide bonds. The fraction of sp³-hybridized carbons (Fsp3) is 0.176. The molecule has 0 bridgehead atoms. The van der Waals surface area contributed by atoms with Gasteiger partial charge in [0.25, 0.3) is 5.91 Å². The molecule has 1 fully saturated rings. The second kappa shape index (κ2) is 8.06. The first-order chi connectivity index (χ1) is 11.6. The van der Waals surface area contributed by atoms with Crippen LogP contribution in [0.25, 0.3) is 0 Å². The van der Waals surface area contributed by atoms with Gasteiger partial charge in [-0.05, 0) is 46.4 Å². The van der Waals surface area contributed by atoms with Crippen LogP contribution in [0.15, 0.2) is 53.6 Å². The Kier molecular flexibility index (Phi) is 5.83. The predicted molar refractivity (Wildman–Crippen MR) is 104 cm³/mol. The number of hydrogen-bond acceptors (Lipinski definition) is 4. The number of amides is 1. The molecular formula is C17H16ClIN4O. The molecule has 0 aromatic heterocycles. The number of halogens is 2. The highest BCUT2D eigenvalue weighted by Crippen LogP contribution is 2.23. The molecule has 1 aliphatic heterocycles. The summed E-state index contributed by atoms with van der Waals surface area (Å²) in [6, 6.07) is 15.5. The van der Waals surface area contributed by atoms with Gasteiger partial charge in [-0.25, -0.2) is 10.9 Å². The Morgan fingerprint density at radius 3 is 2.88 bits per heavy atom. The maximum Gasteiger partial charge on any atom is 0.272 e. The Morgan fingerprint density at radius 1 is 1.29 bits per heavy atom. The van der Waals surface area contributed by atoms with Gasteiger partial charge >= 0.3 is 0 Å². The Morgan fingerprint density at radius 2 is 2.08 bits per heavy atom. The molecule has 1 heterocycles. The molecule has 2 atom stereocenters. The first-order valence-electron chi connectivity index (χ1n) is 7.47. The molecule has 5 nitrogen and oxygen atoms in total. The minimum atomic E-state index is -0.315. The Labute approximate surface area is 159 Å². The summed E-state index contributed by atoms with van der Waals surface area (Å²) in [5.41, 5.74) is 10.5. The van der Waals surface area contributed by atoms with Crippen molar-refractivity contribution < 1.29 is 4.79 Å². The van der Waals surface area contributed by atoms with E-state index in [-0.39, 0.29) is 17.9 Å². The average Bonchev–Trinajstić information content (AvgIpc) is 3.06. The van der Waals surface area contributed by atoms with E-state index >= 15 is 0 Å². The van der Waals surface area contributed by atoms with Gasteiger partial charge in [-0.1, -0.05) is 41.9 Å². The molecule has 2 unspecified atom stereocenters. The molecule has 0 saturated carbocycles. The van der Waals surface area contributed by atoms with Crippen molar-refractivity contribution in [3.63, 3.8) is 0 Å². The average molecular weight is 455 g/mol. The number of carbonyl (C=O) groups is 1. The van der Waals surface area contributed by atoms with Gasteiger partial charge in [0.15, 0.2) is 0 Å². The van der Waals surface area contributed by atoms with E-state index in [9.17, 15) is 4.79 Å². The normalized spacial score (nSPS) is 20.4. The molecule has 1 aliphatic rings. The highest BCUT2D eigenvalue weighted by molar-refractivity contribution is 14.1. The van der Waals surface area contributed by atoms with Crippen molar-refractivity contribution in [2.45, 2.75) is 6.04 Å². The van der Waals surface area contributed by atoms with Crippen molar-refractivity contribution in [3.05, 3.63) is 68.3 Å². The zero-order valence-corrected chi connectivity index (χ0v) is 15.6. The van der Waals surface area contributed by atoms with Crippen LogP contribution in [-0.2, 0) is 0 Å². The van der Waals surface area contributed by atoms with Crippen LogP contribution in [0.4, 0.5) is 0 Å². The molecule has 24 heavy (non-hydrogen) atoms. The quantitative estimate of drug-likeness (QED) is 0.378. The first kappa shape index (κ1) is 17.3. The van der Waals surface area contributed by atoms with Crippen LogP contribution in [0.5, 0.6) is 0 Å². The predicted octanol–water partition coefficient (Wildman–Crippen LogP) is 3.13. The Hall–Kier alpha value is -1.48. The number of nitrogens with zero attached hydrogens (tertiary/aromatic N) is 1. The third-order valence-corrected chi connectivity index (χ3v) is 4.79. The zero-order valence-electron chi connectivity index (χ0n) is 12.7. The van der Waals surface area contributed by atoms with E-state index < -0.39 is 0 Å². The second-order valence-electron chi connectivity index (χ2n) is 5.42. The van der Waals surface area contributed by atoms with Gasteiger partial charge in [-0.3, -0.25) is 10.2 Å². The van der Waals surface area contributed by atoms with Crippen molar-refractivity contribution in [3.8, 4) is 0 Å². The molecule has 2 aromatic carbocycles. The third kappa shape index (κ3) is 4.13. The minimum Gasteiger partial charge on any atom is -0.267 e. The lowest BCUT2D eigenvalue weighted by atomic mass is 9.96. The lowest BCUT2D eigenvalue weighted by Crippen LogP contribution is -2.25. The van der Waals surface area contributed by atoms with Gasteiger partial charge in [-0.15, -0.1) is 0 Å². The molecular weight excluding hydrogens is 439 g/mol. The molecule has 7 heteroatoms. The molecule has 2 aromatic rings. The Bertz CT molecular complexity index is 754. The Balaban J connectivity index is 1.65. The van der Waals surface area contributed by atoms with Crippen molar-refractivity contribution in [1.29, 1.82) is 0 Å². The number of hydrazine groups is 1. The van der Waals surface area contributed by atoms with Crippen LogP contribution in [-0.4, -0.2) is 18.7 Å². The SMILES string of the molecule is O=C(N/N=C/C1CNNC1c1ccccc1)c1cc(I)ccc1Cl. The summed E-state index contributed by atoms with van der Waals surface area (Å²) in [5, 5.41) is 4.52. The van der Waals surface area contributed by atoms with E-state index in [1.807, 2.05) is 24.3 Å². The van der Waals surface area contributed by atoms with Crippen molar-refractivity contribution in [2.75, 3.05) is 6.54 Å². The summed E-state index contributed by atoms with van der Waals surface area (Å²) >= 11 is 8.20. The lowest BCUT2D eigenvalue weighted by molar-refractivity contribution is 0.0955. The third-order valence-electron chi connectivity index (χ3n) is 3.79. The van der Waals surface area contributed by atoms with Gasteiger partial charge in [0, 0.05) is 22.2 Å². The number of hydrazone groups is 1. The minimum absolute atomic E-state index is 0.119. The fourth-order valence-electron chi connectivity index (χ4n) is 2.56. The standard InChI is InChI=1S/C17H16ClIN4O/c18-15-7-6-13(19)8-14(15)17(24)23-21-10-12-9-20-22-16(12)11-4-2-1-3-5-11/h1-8,10,12,16,20,22H,9H2,(H,23,24)/b21-10+. The molecule has 124 valence electrons. The van der Waals surface area contributed by atoms with Gasteiger partial charge in [0.05, 0.1) is 16.6 Å². The van der Waals surface area contributed by atoms with Crippen molar-refractivity contribution in [1.82, 2.24) is 16.3 Å². The number of carbonyl (C=O) groups excluding carboxylic acids is 1. The molecule has 3 N–H and O–H groups in total. The number of benzene rings is 2. The van der Waals surface area contributed by atoms with Gasteiger partial charge in [-0.2, -0.15) is 5.10 Å². The van der Waals surface area contributed by atoms with Gasteiger partial charge < -0.3 is 0 Å². The highest BCUT2D eigenvalue weighted by Gasteiger charge is 2.26. The van der Waals surface area contributed by atoms with E-state index in [2.05, 4.69) is 56.1 Å². The summed E-state index contributed by atoms with van der Waals surface area (Å²) in [4.78, 5) is 12.2. The van der Waals surface area contributed by atoms with Gasteiger partial charge in [0.1, 0.15) is 0 Å². The van der Waals surface area contributed by atoms with Crippen LogP contribution < -0.4 is 16.3 Å². The maximum atomic E-state index is 12.2.